The fourth-order valence-electron chi connectivity index (χ4n) is 8.61. The van der Waals surface area contributed by atoms with Crippen molar-refractivity contribution in [3.05, 3.63) is 47.3 Å². The van der Waals surface area contributed by atoms with Crippen LogP contribution in [0.2, 0.25) is 0 Å². The number of hydrogen-bond acceptors (Lipinski definition) is 6. The highest BCUT2D eigenvalue weighted by Crippen LogP contribution is 2.42. The van der Waals surface area contributed by atoms with Crippen LogP contribution in [0.5, 0.6) is 0 Å². The van der Waals surface area contributed by atoms with Gasteiger partial charge in [0, 0.05) is 64.1 Å². The topological polar surface area (TPSA) is 108 Å². The number of carboxylic acids is 1. The summed E-state index contributed by atoms with van der Waals surface area (Å²) in [4.78, 5) is 42.6. The molecule has 1 aromatic carbocycles. The highest BCUT2D eigenvalue weighted by Gasteiger charge is 2.50. The third-order valence-corrected chi connectivity index (χ3v) is 11.5. The van der Waals surface area contributed by atoms with Gasteiger partial charge in [-0.1, -0.05) is 57.2 Å². The zero-order valence-electron chi connectivity index (χ0n) is 30.3. The maximum absolute atomic E-state index is 13.7. The Kier molecular flexibility index (Phi) is 12.7. The molecule has 0 bridgehead atoms. The van der Waals surface area contributed by atoms with Gasteiger partial charge in [-0.3, -0.25) is 9.69 Å². The molecule has 1 aliphatic carbocycles. The zero-order chi connectivity index (χ0) is 36.8. The Bertz CT molecular complexity index is 1480. The molecule has 1 saturated carbocycles. The summed E-state index contributed by atoms with van der Waals surface area (Å²) in [5.41, 5.74) is 3.10. The fraction of sp³-hybridized carbons (Fsp3) is 0.684. The van der Waals surface area contributed by atoms with Crippen molar-refractivity contribution in [3.8, 4) is 5.69 Å². The number of benzene rings is 1. The molecule has 51 heavy (non-hydrogen) atoms. The molecule has 1 spiro atoms. The molecule has 3 aliphatic heterocycles. The number of aliphatic carboxylic acids is 1. The van der Waals surface area contributed by atoms with Crippen molar-refractivity contribution in [1.82, 2.24) is 24.5 Å². The van der Waals surface area contributed by atoms with Crippen LogP contribution < -0.4 is 0 Å². The second-order valence-corrected chi connectivity index (χ2v) is 14.8. The van der Waals surface area contributed by atoms with E-state index in [9.17, 15) is 22.8 Å². The second kappa shape index (κ2) is 16.8. The number of aryl methyl sites for hydroxylation is 1. The number of piperidine rings is 2. The molecule has 13 heteroatoms. The molecule has 0 radical (unpaired) electrons. The van der Waals surface area contributed by atoms with E-state index in [2.05, 4.69) is 16.7 Å². The average molecular weight is 718 g/mol. The van der Waals surface area contributed by atoms with E-state index in [4.69, 9.17) is 19.7 Å². The summed E-state index contributed by atoms with van der Waals surface area (Å²) < 4.78 is 40.1. The number of aromatic nitrogens is 2. The van der Waals surface area contributed by atoms with Gasteiger partial charge in [-0.05, 0) is 64.0 Å². The number of carbonyl (C=O) groups is 3. The van der Waals surface area contributed by atoms with E-state index < -0.39 is 12.1 Å². The standard InChI is InChI=1S/C36H53N5O3.C2HF3O2/c1-4-5-14-30-26-40(25-29-12-8-6-9-13-29)35(43)44-36(30)19-23-38(24-20-36)31-17-21-39(22-18-31)34(42)33-27(2)37-41(28(33)3)32-15-10-7-11-16-32;3-2(4,5)1(6)7/h7,10-11,15-16,29-31H,4-6,8-9,12-14,17-26H2,1-3H3;(H,6,7). The first kappa shape index (κ1) is 38.6. The maximum Gasteiger partial charge on any atom is 0.490 e. The number of rotatable bonds is 8. The Balaban J connectivity index is 0.000000654. The smallest absolute Gasteiger partial charge is 0.475 e. The minimum atomic E-state index is -5.08. The summed E-state index contributed by atoms with van der Waals surface area (Å²) in [5, 5.41) is 11.8. The predicted octanol–water partition coefficient (Wildman–Crippen LogP) is 7.40. The predicted molar refractivity (Wildman–Crippen MR) is 187 cm³/mol. The van der Waals surface area contributed by atoms with Crippen molar-refractivity contribution in [3.63, 3.8) is 0 Å². The van der Waals surface area contributed by atoms with Crippen LogP contribution in [0.1, 0.15) is 106 Å². The van der Waals surface area contributed by atoms with E-state index in [1.807, 2.05) is 53.8 Å². The van der Waals surface area contributed by atoms with Crippen molar-refractivity contribution in [2.75, 3.05) is 39.3 Å². The summed E-state index contributed by atoms with van der Waals surface area (Å²) in [6, 6.07) is 10.5. The number of para-hydroxylation sites is 1. The molecule has 282 valence electrons. The zero-order valence-corrected chi connectivity index (χ0v) is 30.3. The van der Waals surface area contributed by atoms with Gasteiger partial charge in [-0.25, -0.2) is 14.3 Å². The van der Waals surface area contributed by atoms with Crippen molar-refractivity contribution < 1.29 is 37.4 Å². The van der Waals surface area contributed by atoms with Crippen molar-refractivity contribution >= 4 is 18.0 Å². The molecule has 4 heterocycles. The normalized spacial score (nSPS) is 22.0. The molecule has 1 N–H and O–H groups in total. The Labute approximate surface area is 299 Å². The van der Waals surface area contributed by atoms with E-state index in [1.165, 1.54) is 44.9 Å². The van der Waals surface area contributed by atoms with Crippen molar-refractivity contribution in [2.24, 2.45) is 11.8 Å². The average Bonchev–Trinajstić information content (AvgIpc) is 3.42. The lowest BCUT2D eigenvalue weighted by Gasteiger charge is -2.52. The van der Waals surface area contributed by atoms with Crippen LogP contribution in [-0.4, -0.2) is 105 Å². The first-order valence-corrected chi connectivity index (χ1v) is 18.8. The third-order valence-electron chi connectivity index (χ3n) is 11.5. The van der Waals surface area contributed by atoms with Crippen LogP contribution in [0, 0.1) is 25.7 Å². The van der Waals surface area contributed by atoms with Gasteiger partial charge in [0.15, 0.2) is 0 Å². The summed E-state index contributed by atoms with van der Waals surface area (Å²) in [7, 11) is 0. The molecule has 3 saturated heterocycles. The first-order chi connectivity index (χ1) is 24.3. The van der Waals surface area contributed by atoms with Gasteiger partial charge in [0.05, 0.1) is 22.6 Å². The Hall–Kier alpha value is -3.61. The number of unbranched alkanes of at least 4 members (excludes halogenated alkanes) is 1. The van der Waals surface area contributed by atoms with Crippen LogP contribution in [0.4, 0.5) is 18.0 Å². The van der Waals surface area contributed by atoms with E-state index in [-0.39, 0.29) is 17.6 Å². The lowest BCUT2D eigenvalue weighted by molar-refractivity contribution is -0.192. The van der Waals surface area contributed by atoms with Gasteiger partial charge < -0.3 is 19.6 Å². The molecule has 2 aromatic rings. The van der Waals surface area contributed by atoms with Crippen LogP contribution in [0.3, 0.4) is 0 Å². The number of likely N-dealkylation sites (tertiary alicyclic amines) is 2. The minimum absolute atomic E-state index is 0.0650. The molecule has 1 unspecified atom stereocenters. The van der Waals surface area contributed by atoms with Gasteiger partial charge in [-0.15, -0.1) is 0 Å². The highest BCUT2D eigenvalue weighted by molar-refractivity contribution is 5.96. The maximum atomic E-state index is 13.7. The van der Waals surface area contributed by atoms with E-state index >= 15 is 0 Å². The number of amides is 2. The second-order valence-electron chi connectivity index (χ2n) is 14.8. The van der Waals surface area contributed by atoms with Crippen LogP contribution in [-0.2, 0) is 9.53 Å². The van der Waals surface area contributed by atoms with E-state index in [0.29, 0.717) is 17.9 Å². The van der Waals surface area contributed by atoms with Crippen molar-refractivity contribution in [1.29, 1.82) is 0 Å². The minimum Gasteiger partial charge on any atom is -0.475 e. The summed E-state index contributed by atoms with van der Waals surface area (Å²) >= 11 is 0. The fourth-order valence-corrected chi connectivity index (χ4v) is 8.61. The monoisotopic (exact) mass is 717 g/mol. The number of ether oxygens (including phenoxy) is 1. The van der Waals surface area contributed by atoms with Gasteiger partial charge in [0.25, 0.3) is 5.91 Å². The molecule has 2 amide bonds. The molecule has 1 atom stereocenters. The summed E-state index contributed by atoms with van der Waals surface area (Å²) in [5.74, 6) is -1.59. The Morgan fingerprint density at radius 2 is 1.61 bits per heavy atom. The number of nitrogens with zero attached hydrogens (tertiary/aromatic N) is 5. The van der Waals surface area contributed by atoms with Crippen LogP contribution in [0.15, 0.2) is 30.3 Å². The lowest BCUT2D eigenvalue weighted by atomic mass is 9.75. The molecule has 4 fully saturated rings. The molecule has 10 nitrogen and oxygen atoms in total. The number of alkyl halides is 3. The van der Waals surface area contributed by atoms with Gasteiger partial charge in [0.2, 0.25) is 0 Å². The Morgan fingerprint density at radius 3 is 2.20 bits per heavy atom. The first-order valence-electron chi connectivity index (χ1n) is 18.8. The molecular weight excluding hydrogens is 663 g/mol. The quantitative estimate of drug-likeness (QED) is 0.303. The largest absolute Gasteiger partial charge is 0.490 e. The lowest BCUT2D eigenvalue weighted by Crippen LogP contribution is -2.61. The van der Waals surface area contributed by atoms with Gasteiger partial charge >= 0.3 is 18.2 Å². The van der Waals surface area contributed by atoms with E-state index in [1.54, 1.807) is 0 Å². The summed E-state index contributed by atoms with van der Waals surface area (Å²) in [6.45, 7) is 11.4. The molecule has 6 rings (SSSR count). The molecule has 4 aliphatic rings. The number of halogens is 3. The highest BCUT2D eigenvalue weighted by atomic mass is 19.4. The number of carboxylic acid groups (broad SMARTS) is 1. The van der Waals surface area contributed by atoms with Gasteiger partial charge in [-0.2, -0.15) is 18.3 Å². The third kappa shape index (κ3) is 9.25. The Morgan fingerprint density at radius 1 is 0.980 bits per heavy atom. The molecular formula is C38H54F3N5O5. The van der Waals surface area contributed by atoms with Gasteiger partial charge in [0.1, 0.15) is 5.60 Å². The summed E-state index contributed by atoms with van der Waals surface area (Å²) in [6.07, 6.45) is 8.66. The SMILES string of the molecule is CCCCC1CN(CC2CCCCC2)C(=O)OC12CCN(C1CCN(C(=O)c3c(C)nn(-c4ccccc4)c3C)CC1)CC2.O=C(O)C(F)(F)F. The van der Waals surface area contributed by atoms with Crippen LogP contribution in [0.25, 0.3) is 5.69 Å². The van der Waals surface area contributed by atoms with E-state index in [0.717, 1.165) is 94.0 Å². The molecule has 1 aromatic heterocycles. The number of carbonyl (C=O) groups excluding carboxylic acids is 2. The van der Waals surface area contributed by atoms with Crippen molar-refractivity contribution in [2.45, 2.75) is 116 Å². The number of hydrogen-bond donors (Lipinski definition) is 1. The van der Waals surface area contributed by atoms with Crippen LogP contribution >= 0.6 is 0 Å².